The second-order valence-electron chi connectivity index (χ2n) is 7.09. The van der Waals surface area contributed by atoms with Crippen molar-refractivity contribution in [2.24, 2.45) is 0 Å². The van der Waals surface area contributed by atoms with E-state index in [4.69, 9.17) is 0 Å². The number of fused-ring (bicyclic) bond motifs is 2. The molecule has 1 aliphatic heterocycles. The zero-order chi connectivity index (χ0) is 18.2. The van der Waals surface area contributed by atoms with E-state index in [2.05, 4.69) is 103 Å². The van der Waals surface area contributed by atoms with Gasteiger partial charge < -0.3 is 4.90 Å². The number of hydrogen-bond donors (Lipinski definition) is 0. The maximum atomic E-state index is 2.38. The van der Waals surface area contributed by atoms with Gasteiger partial charge in [0.1, 0.15) is 0 Å². The Labute approximate surface area is 165 Å². The first-order valence-electron chi connectivity index (χ1n) is 9.38. The molecule has 27 heavy (non-hydrogen) atoms. The molecule has 1 nitrogen and oxygen atoms in total. The fraction of sp³-hybridized carbons (Fsp3) is 0.120. The summed E-state index contributed by atoms with van der Waals surface area (Å²) in [5.74, 6) is 0.489. The van der Waals surface area contributed by atoms with Crippen molar-refractivity contribution >= 4 is 23.1 Å². The summed E-state index contributed by atoms with van der Waals surface area (Å²) in [6.45, 7) is 0. The summed E-state index contributed by atoms with van der Waals surface area (Å²) < 4.78 is 0. The Balaban J connectivity index is 1.52. The summed E-state index contributed by atoms with van der Waals surface area (Å²) in [4.78, 5) is 4.98. The Hall–Kier alpha value is -2.71. The van der Waals surface area contributed by atoms with Gasteiger partial charge in [-0.15, -0.1) is 0 Å². The Bertz CT molecular complexity index is 1050. The lowest BCUT2D eigenvalue weighted by atomic mass is 9.92. The lowest BCUT2D eigenvalue weighted by Gasteiger charge is -2.30. The second-order valence-corrected chi connectivity index (χ2v) is 8.18. The summed E-state index contributed by atoms with van der Waals surface area (Å²) in [6, 6.07) is 24.3. The van der Waals surface area contributed by atoms with Gasteiger partial charge in [0, 0.05) is 22.8 Å². The molecular formula is C25H21NS. The summed E-state index contributed by atoms with van der Waals surface area (Å²) >= 11 is 1.89. The van der Waals surface area contributed by atoms with Gasteiger partial charge >= 0.3 is 0 Å². The third kappa shape index (κ3) is 3.00. The van der Waals surface area contributed by atoms with Gasteiger partial charge in [-0.2, -0.15) is 0 Å². The molecule has 0 spiro atoms. The highest BCUT2D eigenvalue weighted by molar-refractivity contribution is 7.99. The Morgan fingerprint density at radius 3 is 2.37 bits per heavy atom. The molecule has 132 valence electrons. The van der Waals surface area contributed by atoms with Crippen LogP contribution in [0.5, 0.6) is 0 Å². The van der Waals surface area contributed by atoms with E-state index >= 15 is 0 Å². The van der Waals surface area contributed by atoms with E-state index in [0.29, 0.717) is 5.92 Å². The number of hydrogen-bond acceptors (Lipinski definition) is 2. The third-order valence-electron chi connectivity index (χ3n) is 5.40. The van der Waals surface area contributed by atoms with E-state index in [1.165, 1.54) is 37.9 Å². The average Bonchev–Trinajstić information content (AvgIpc) is 2.74. The summed E-state index contributed by atoms with van der Waals surface area (Å²) in [5, 5.41) is 0. The fourth-order valence-electron chi connectivity index (χ4n) is 3.88. The largest absolute Gasteiger partial charge is 0.343 e. The first-order valence-corrected chi connectivity index (χ1v) is 10.2. The number of rotatable bonds is 2. The Morgan fingerprint density at radius 1 is 0.815 bits per heavy atom. The van der Waals surface area contributed by atoms with Crippen molar-refractivity contribution in [3.63, 3.8) is 0 Å². The van der Waals surface area contributed by atoms with E-state index in [1.54, 1.807) is 0 Å². The van der Waals surface area contributed by atoms with Gasteiger partial charge in [-0.25, -0.2) is 0 Å². The first-order chi connectivity index (χ1) is 13.3. The number of anilines is 2. The molecule has 3 aromatic rings. The van der Waals surface area contributed by atoms with E-state index in [1.807, 2.05) is 11.8 Å². The molecule has 0 amide bonds. The summed E-state index contributed by atoms with van der Waals surface area (Å²) in [6.07, 6.45) is 9.95. The lowest BCUT2D eigenvalue weighted by molar-refractivity contribution is 0.849. The molecular weight excluding hydrogens is 346 g/mol. The molecule has 2 heteroatoms. The maximum absolute atomic E-state index is 2.38. The van der Waals surface area contributed by atoms with Crippen LogP contribution in [0.1, 0.15) is 17.9 Å². The lowest BCUT2D eigenvalue weighted by Crippen LogP contribution is -2.15. The van der Waals surface area contributed by atoms with Crippen molar-refractivity contribution in [1.29, 1.82) is 0 Å². The number of allylic oxidation sites excluding steroid dienone is 4. The SMILES string of the molecule is CN1c2ccc(-c3ccccc3)cc2Sc2cc(C3C=CC=CC3)ccc21. The average molecular weight is 368 g/mol. The third-order valence-corrected chi connectivity index (χ3v) is 6.50. The van der Waals surface area contributed by atoms with Gasteiger partial charge in [0.05, 0.1) is 11.4 Å². The van der Waals surface area contributed by atoms with Crippen molar-refractivity contribution in [1.82, 2.24) is 0 Å². The van der Waals surface area contributed by atoms with E-state index < -0.39 is 0 Å². The minimum atomic E-state index is 0.489. The smallest absolute Gasteiger partial charge is 0.0550 e. The Morgan fingerprint density at radius 2 is 1.59 bits per heavy atom. The van der Waals surface area contributed by atoms with Crippen LogP contribution in [0, 0.1) is 0 Å². The van der Waals surface area contributed by atoms with Crippen LogP contribution in [0.15, 0.2) is 101 Å². The van der Waals surface area contributed by atoms with Crippen molar-refractivity contribution in [2.75, 3.05) is 11.9 Å². The zero-order valence-electron chi connectivity index (χ0n) is 15.3. The quantitative estimate of drug-likeness (QED) is 0.472. The molecule has 1 heterocycles. The summed E-state index contributed by atoms with van der Waals surface area (Å²) in [5.41, 5.74) is 6.51. The standard InChI is InChI=1S/C25H21NS/c1-26-22-14-12-20(18-8-4-2-5-9-18)16-24(22)27-25-17-21(13-15-23(25)26)19-10-6-3-7-11-19/h2-10,12-17,19H,11H2,1H3. The van der Waals surface area contributed by atoms with Gasteiger partial charge in [-0.1, -0.05) is 78.5 Å². The van der Waals surface area contributed by atoms with Crippen molar-refractivity contribution in [2.45, 2.75) is 22.1 Å². The van der Waals surface area contributed by atoms with Crippen LogP contribution in [0.2, 0.25) is 0 Å². The highest BCUT2D eigenvalue weighted by Gasteiger charge is 2.22. The fourth-order valence-corrected chi connectivity index (χ4v) is 5.12. The predicted molar refractivity (Wildman–Crippen MR) is 116 cm³/mol. The molecule has 0 N–H and O–H groups in total. The highest BCUT2D eigenvalue weighted by atomic mass is 32.2. The number of nitrogens with zero attached hydrogens (tertiary/aromatic N) is 1. The molecule has 0 fully saturated rings. The van der Waals surface area contributed by atoms with Gasteiger partial charge in [0.2, 0.25) is 0 Å². The molecule has 0 aromatic heterocycles. The molecule has 0 radical (unpaired) electrons. The second kappa shape index (κ2) is 6.79. The van der Waals surface area contributed by atoms with Crippen LogP contribution < -0.4 is 4.90 Å². The van der Waals surface area contributed by atoms with Gasteiger partial charge in [0.25, 0.3) is 0 Å². The Kier molecular flexibility index (Phi) is 4.14. The minimum Gasteiger partial charge on any atom is -0.343 e. The normalized spacial score (nSPS) is 17.5. The molecule has 5 rings (SSSR count). The van der Waals surface area contributed by atoms with Crippen molar-refractivity contribution in [3.05, 3.63) is 96.6 Å². The maximum Gasteiger partial charge on any atom is 0.0550 e. The molecule has 2 aliphatic rings. The molecule has 0 saturated heterocycles. The monoisotopic (exact) mass is 367 g/mol. The van der Waals surface area contributed by atoms with Gasteiger partial charge in [0.15, 0.2) is 0 Å². The van der Waals surface area contributed by atoms with E-state index in [9.17, 15) is 0 Å². The molecule has 1 aliphatic carbocycles. The van der Waals surface area contributed by atoms with Gasteiger partial charge in [-0.05, 0) is 47.4 Å². The molecule has 0 saturated carbocycles. The van der Waals surface area contributed by atoms with Crippen LogP contribution in [-0.2, 0) is 0 Å². The van der Waals surface area contributed by atoms with E-state index in [-0.39, 0.29) is 0 Å². The van der Waals surface area contributed by atoms with Gasteiger partial charge in [-0.3, -0.25) is 0 Å². The van der Waals surface area contributed by atoms with Crippen molar-refractivity contribution < 1.29 is 0 Å². The van der Waals surface area contributed by atoms with Crippen LogP contribution >= 0.6 is 11.8 Å². The van der Waals surface area contributed by atoms with Crippen molar-refractivity contribution in [3.8, 4) is 11.1 Å². The van der Waals surface area contributed by atoms with Crippen LogP contribution in [-0.4, -0.2) is 7.05 Å². The highest BCUT2D eigenvalue weighted by Crippen LogP contribution is 2.49. The summed E-state index contributed by atoms with van der Waals surface area (Å²) in [7, 11) is 2.17. The van der Waals surface area contributed by atoms with Crippen LogP contribution in [0.25, 0.3) is 11.1 Å². The number of benzene rings is 3. The minimum absolute atomic E-state index is 0.489. The van der Waals surface area contributed by atoms with Crippen LogP contribution in [0.3, 0.4) is 0 Å². The predicted octanol–water partition coefficient (Wildman–Crippen LogP) is 7.19. The molecule has 3 aromatic carbocycles. The molecule has 1 atom stereocenters. The zero-order valence-corrected chi connectivity index (χ0v) is 16.1. The van der Waals surface area contributed by atoms with E-state index in [0.717, 1.165) is 6.42 Å². The first kappa shape index (κ1) is 16.5. The molecule has 0 bridgehead atoms. The van der Waals surface area contributed by atoms with Crippen LogP contribution in [0.4, 0.5) is 11.4 Å². The molecule has 1 unspecified atom stereocenters. The topological polar surface area (TPSA) is 3.24 Å².